The molecule has 3 aromatic rings. The summed E-state index contributed by atoms with van der Waals surface area (Å²) in [5.41, 5.74) is 1.81. The maximum Gasteiger partial charge on any atom is 0.273 e. The predicted octanol–water partition coefficient (Wildman–Crippen LogP) is 4.39. The van der Waals surface area contributed by atoms with Crippen molar-refractivity contribution in [2.75, 3.05) is 5.32 Å². The number of nitro benzene ring substituents is 1. The number of amides is 1. The molecule has 1 N–H and O–H groups in total. The van der Waals surface area contributed by atoms with E-state index in [-0.39, 0.29) is 22.6 Å². The Morgan fingerprint density at radius 2 is 1.56 bits per heavy atom. The molecule has 0 heterocycles. The number of carbonyl (C=O) groups is 2. The van der Waals surface area contributed by atoms with Crippen LogP contribution in [-0.2, 0) is 0 Å². The number of nitro groups is 1. The molecule has 0 aliphatic rings. The van der Waals surface area contributed by atoms with Crippen LogP contribution in [0.25, 0.3) is 0 Å². The van der Waals surface area contributed by atoms with E-state index >= 15 is 0 Å². The molecule has 0 atom stereocenters. The highest BCUT2D eigenvalue weighted by Crippen LogP contribution is 2.22. The standard InChI is InChI=1S/C21H16N2O4/c1-14-18(11-6-12-19(14)23(26)27)21(25)22-17-10-5-9-16(13-17)20(24)15-7-3-2-4-8-15/h2-13H,1H3,(H,22,25). The number of nitrogens with one attached hydrogen (secondary N) is 1. The molecular formula is C21H16N2O4. The normalized spacial score (nSPS) is 10.3. The number of nitrogens with zero attached hydrogens (tertiary/aromatic N) is 1. The molecule has 0 bridgehead atoms. The fourth-order valence-electron chi connectivity index (χ4n) is 2.76. The highest BCUT2D eigenvalue weighted by atomic mass is 16.6. The lowest BCUT2D eigenvalue weighted by Gasteiger charge is -2.09. The molecule has 6 nitrogen and oxygen atoms in total. The monoisotopic (exact) mass is 360 g/mol. The molecule has 0 saturated carbocycles. The van der Waals surface area contributed by atoms with E-state index < -0.39 is 10.8 Å². The first-order valence-corrected chi connectivity index (χ1v) is 8.22. The van der Waals surface area contributed by atoms with Crippen LogP contribution in [0.4, 0.5) is 11.4 Å². The summed E-state index contributed by atoms with van der Waals surface area (Å²) in [6.45, 7) is 1.53. The summed E-state index contributed by atoms with van der Waals surface area (Å²) in [5.74, 6) is -0.626. The van der Waals surface area contributed by atoms with Gasteiger partial charge in [0.2, 0.25) is 0 Å². The van der Waals surface area contributed by atoms with Gasteiger partial charge in [-0.05, 0) is 25.1 Å². The van der Waals surface area contributed by atoms with E-state index in [0.29, 0.717) is 16.8 Å². The third-order valence-corrected chi connectivity index (χ3v) is 4.17. The lowest BCUT2D eigenvalue weighted by Crippen LogP contribution is -2.14. The van der Waals surface area contributed by atoms with Gasteiger partial charge in [-0.25, -0.2) is 0 Å². The van der Waals surface area contributed by atoms with Crippen LogP contribution in [0.5, 0.6) is 0 Å². The second kappa shape index (κ2) is 7.61. The molecule has 0 saturated heterocycles. The number of benzene rings is 3. The van der Waals surface area contributed by atoms with E-state index in [2.05, 4.69) is 5.32 Å². The van der Waals surface area contributed by atoms with Crippen LogP contribution in [-0.4, -0.2) is 16.6 Å². The smallest absolute Gasteiger partial charge is 0.273 e. The van der Waals surface area contributed by atoms with Crippen molar-refractivity contribution in [2.45, 2.75) is 6.92 Å². The maximum absolute atomic E-state index is 12.5. The van der Waals surface area contributed by atoms with Crippen molar-refractivity contribution in [3.05, 3.63) is 105 Å². The summed E-state index contributed by atoms with van der Waals surface area (Å²) >= 11 is 0. The number of hydrogen-bond donors (Lipinski definition) is 1. The van der Waals surface area contributed by atoms with Gasteiger partial charge in [0.25, 0.3) is 11.6 Å². The van der Waals surface area contributed by atoms with E-state index in [1.165, 1.54) is 25.1 Å². The van der Waals surface area contributed by atoms with Crippen molar-refractivity contribution in [3.8, 4) is 0 Å². The fourth-order valence-corrected chi connectivity index (χ4v) is 2.76. The molecule has 0 aliphatic heterocycles. The van der Waals surface area contributed by atoms with E-state index in [9.17, 15) is 19.7 Å². The topological polar surface area (TPSA) is 89.3 Å². The Bertz CT molecular complexity index is 1030. The first-order chi connectivity index (χ1) is 13.0. The van der Waals surface area contributed by atoms with Crippen LogP contribution in [0.1, 0.15) is 31.8 Å². The Hall–Kier alpha value is -3.80. The van der Waals surface area contributed by atoms with E-state index in [4.69, 9.17) is 0 Å². The predicted molar refractivity (Wildman–Crippen MR) is 102 cm³/mol. The minimum Gasteiger partial charge on any atom is -0.322 e. The average Bonchev–Trinajstić information content (AvgIpc) is 2.68. The number of hydrogen-bond acceptors (Lipinski definition) is 4. The average molecular weight is 360 g/mol. The Labute approximate surface area is 155 Å². The first-order valence-electron chi connectivity index (χ1n) is 8.22. The molecule has 3 rings (SSSR count). The van der Waals surface area contributed by atoms with Gasteiger partial charge in [-0.2, -0.15) is 0 Å². The van der Waals surface area contributed by atoms with E-state index in [1.54, 1.807) is 48.5 Å². The van der Waals surface area contributed by atoms with Crippen LogP contribution in [0.15, 0.2) is 72.8 Å². The lowest BCUT2D eigenvalue weighted by molar-refractivity contribution is -0.385. The third-order valence-electron chi connectivity index (χ3n) is 4.17. The Morgan fingerprint density at radius 3 is 2.26 bits per heavy atom. The number of rotatable bonds is 5. The van der Waals surface area contributed by atoms with Crippen molar-refractivity contribution < 1.29 is 14.5 Å². The molecule has 0 aromatic heterocycles. The number of anilines is 1. The van der Waals surface area contributed by atoms with Crippen molar-refractivity contribution in [3.63, 3.8) is 0 Å². The summed E-state index contributed by atoms with van der Waals surface area (Å²) < 4.78 is 0. The molecule has 134 valence electrons. The molecule has 1 amide bonds. The second-order valence-corrected chi connectivity index (χ2v) is 5.94. The zero-order valence-electron chi connectivity index (χ0n) is 14.5. The minimum atomic E-state index is -0.523. The minimum absolute atomic E-state index is 0.115. The van der Waals surface area contributed by atoms with Gasteiger partial charge in [0, 0.05) is 34.0 Å². The molecule has 3 aromatic carbocycles. The summed E-state index contributed by atoms with van der Waals surface area (Å²) in [6, 6.07) is 19.8. The third kappa shape index (κ3) is 3.90. The van der Waals surface area contributed by atoms with Gasteiger partial charge in [-0.1, -0.05) is 48.5 Å². The zero-order chi connectivity index (χ0) is 19.4. The van der Waals surface area contributed by atoms with Gasteiger partial charge < -0.3 is 5.32 Å². The van der Waals surface area contributed by atoms with Gasteiger partial charge in [-0.15, -0.1) is 0 Å². The largest absolute Gasteiger partial charge is 0.322 e. The van der Waals surface area contributed by atoms with E-state index in [1.807, 2.05) is 6.07 Å². The molecule has 27 heavy (non-hydrogen) atoms. The summed E-state index contributed by atoms with van der Waals surface area (Å²) in [5, 5.41) is 13.7. The Morgan fingerprint density at radius 1 is 0.889 bits per heavy atom. The van der Waals surface area contributed by atoms with Crippen molar-refractivity contribution in [1.29, 1.82) is 0 Å². The number of carbonyl (C=O) groups excluding carboxylic acids is 2. The van der Waals surface area contributed by atoms with Gasteiger partial charge in [0.15, 0.2) is 5.78 Å². The Kier molecular flexibility index (Phi) is 5.08. The van der Waals surface area contributed by atoms with Crippen molar-refractivity contribution >= 4 is 23.1 Å². The summed E-state index contributed by atoms with van der Waals surface area (Å²) in [7, 11) is 0. The molecule has 0 radical (unpaired) electrons. The van der Waals surface area contributed by atoms with Gasteiger partial charge >= 0.3 is 0 Å². The van der Waals surface area contributed by atoms with Crippen LogP contribution < -0.4 is 5.32 Å². The second-order valence-electron chi connectivity index (χ2n) is 5.94. The summed E-state index contributed by atoms with van der Waals surface area (Å²) in [4.78, 5) is 35.6. The van der Waals surface area contributed by atoms with Crippen LogP contribution in [0, 0.1) is 17.0 Å². The molecule has 0 unspecified atom stereocenters. The molecule has 0 aliphatic carbocycles. The highest BCUT2D eigenvalue weighted by molar-refractivity contribution is 6.10. The SMILES string of the molecule is Cc1c(C(=O)Nc2cccc(C(=O)c3ccccc3)c2)cccc1[N+](=O)[O-]. The number of ketones is 1. The Balaban J connectivity index is 1.85. The lowest BCUT2D eigenvalue weighted by atomic mass is 10.0. The molecule has 0 spiro atoms. The fraction of sp³-hybridized carbons (Fsp3) is 0.0476. The first kappa shape index (κ1) is 18.0. The van der Waals surface area contributed by atoms with Gasteiger partial charge in [0.05, 0.1) is 4.92 Å². The molecular weight excluding hydrogens is 344 g/mol. The highest BCUT2D eigenvalue weighted by Gasteiger charge is 2.18. The van der Waals surface area contributed by atoms with Crippen molar-refractivity contribution in [2.24, 2.45) is 0 Å². The van der Waals surface area contributed by atoms with Crippen LogP contribution in [0.3, 0.4) is 0 Å². The van der Waals surface area contributed by atoms with Crippen molar-refractivity contribution in [1.82, 2.24) is 0 Å². The molecule has 0 fully saturated rings. The van der Waals surface area contributed by atoms with Gasteiger partial charge in [-0.3, -0.25) is 19.7 Å². The zero-order valence-corrected chi connectivity index (χ0v) is 14.5. The quantitative estimate of drug-likeness (QED) is 0.415. The van der Waals surface area contributed by atoms with Crippen LogP contribution in [0.2, 0.25) is 0 Å². The maximum atomic E-state index is 12.5. The molecule has 6 heteroatoms. The van der Waals surface area contributed by atoms with Gasteiger partial charge in [0.1, 0.15) is 0 Å². The summed E-state index contributed by atoms with van der Waals surface area (Å²) in [6.07, 6.45) is 0. The van der Waals surface area contributed by atoms with E-state index in [0.717, 1.165) is 0 Å². The van der Waals surface area contributed by atoms with Crippen LogP contribution >= 0.6 is 0 Å².